The molecule has 1 aromatic heterocycles. The quantitative estimate of drug-likeness (QED) is 0.523. The van der Waals surface area contributed by atoms with Crippen LogP contribution >= 0.6 is 24.8 Å². The summed E-state index contributed by atoms with van der Waals surface area (Å²) in [7, 11) is 3.80. The van der Waals surface area contributed by atoms with Crippen molar-refractivity contribution in [1.29, 1.82) is 0 Å². The molecular formula is C18H20Cl2N4O3. The summed E-state index contributed by atoms with van der Waals surface area (Å²) in [6.45, 7) is 0.904. The van der Waals surface area contributed by atoms with E-state index in [0.717, 1.165) is 0 Å². The Bertz CT molecular complexity index is 1120. The Labute approximate surface area is 167 Å². The molecule has 144 valence electrons. The van der Waals surface area contributed by atoms with Gasteiger partial charge in [-0.3, -0.25) is 13.9 Å². The van der Waals surface area contributed by atoms with Crippen LogP contribution in [0.2, 0.25) is 0 Å². The molecule has 27 heavy (non-hydrogen) atoms. The SMILES string of the molecule is CN(C)CCn1c(=O)c2cccc3c2n(c1=O)-c1ccc(N)cc1O3.Cl.Cl. The smallest absolute Gasteiger partial charge is 0.336 e. The Morgan fingerprint density at radius 3 is 2.52 bits per heavy atom. The fourth-order valence-corrected chi connectivity index (χ4v) is 3.09. The molecule has 0 radical (unpaired) electrons. The molecule has 0 bridgehead atoms. The molecule has 0 atom stereocenters. The van der Waals surface area contributed by atoms with Crippen molar-refractivity contribution in [2.45, 2.75) is 6.54 Å². The van der Waals surface area contributed by atoms with Gasteiger partial charge in [-0.15, -0.1) is 24.8 Å². The van der Waals surface area contributed by atoms with Gasteiger partial charge < -0.3 is 15.4 Å². The van der Waals surface area contributed by atoms with Crippen LogP contribution in [0.1, 0.15) is 0 Å². The first-order valence-electron chi connectivity index (χ1n) is 7.98. The first-order chi connectivity index (χ1) is 12.0. The predicted molar refractivity (Wildman–Crippen MR) is 111 cm³/mol. The van der Waals surface area contributed by atoms with Crippen LogP contribution in [0.25, 0.3) is 16.6 Å². The second-order valence-electron chi connectivity index (χ2n) is 6.36. The zero-order chi connectivity index (χ0) is 17.7. The molecule has 0 aliphatic carbocycles. The monoisotopic (exact) mass is 410 g/mol. The van der Waals surface area contributed by atoms with Crippen LogP contribution in [0.15, 0.2) is 46.0 Å². The van der Waals surface area contributed by atoms with Gasteiger partial charge in [0.1, 0.15) is 5.52 Å². The number of rotatable bonds is 3. The van der Waals surface area contributed by atoms with Crippen LogP contribution in [0, 0.1) is 0 Å². The number of likely N-dealkylation sites (N-methyl/N-ethyl adjacent to an activating group) is 1. The highest BCUT2D eigenvalue weighted by Gasteiger charge is 2.24. The van der Waals surface area contributed by atoms with Gasteiger partial charge in [-0.1, -0.05) is 6.07 Å². The van der Waals surface area contributed by atoms with E-state index in [1.807, 2.05) is 19.0 Å². The van der Waals surface area contributed by atoms with E-state index in [2.05, 4.69) is 0 Å². The predicted octanol–water partition coefficient (Wildman–Crippen LogP) is 2.25. The zero-order valence-corrected chi connectivity index (χ0v) is 16.5. The van der Waals surface area contributed by atoms with Gasteiger partial charge in [-0.05, 0) is 38.4 Å². The third-order valence-electron chi connectivity index (χ3n) is 4.34. The van der Waals surface area contributed by atoms with E-state index < -0.39 is 0 Å². The van der Waals surface area contributed by atoms with Crippen molar-refractivity contribution >= 4 is 41.4 Å². The number of aromatic nitrogens is 2. The number of anilines is 1. The number of halogens is 2. The summed E-state index contributed by atoms with van der Waals surface area (Å²) in [5, 5.41) is 0.457. The minimum atomic E-state index is -0.374. The van der Waals surface area contributed by atoms with Gasteiger partial charge in [0, 0.05) is 24.8 Å². The molecule has 0 saturated heterocycles. The molecule has 0 spiro atoms. The van der Waals surface area contributed by atoms with Gasteiger partial charge >= 0.3 is 5.69 Å². The standard InChI is InChI=1S/C18H18N4O3.2ClH/c1-20(2)8-9-21-17(23)12-4-3-5-14-16(12)22(18(21)24)13-7-6-11(19)10-15(13)25-14;;/h3-7,10H,8-9,19H2,1-2H3;2*1H. The van der Waals surface area contributed by atoms with E-state index in [-0.39, 0.29) is 36.1 Å². The number of para-hydroxylation sites is 1. The Morgan fingerprint density at radius 1 is 1.07 bits per heavy atom. The number of nitrogens with zero attached hydrogens (tertiary/aromatic N) is 3. The van der Waals surface area contributed by atoms with Crippen LogP contribution in [0.4, 0.5) is 5.69 Å². The Morgan fingerprint density at radius 2 is 1.81 bits per heavy atom. The Balaban J connectivity index is 0.00000131. The molecule has 1 aliphatic heterocycles. The normalized spacial score (nSPS) is 11.4. The first-order valence-corrected chi connectivity index (χ1v) is 7.98. The second kappa shape index (κ2) is 7.64. The molecule has 2 heterocycles. The molecule has 3 aromatic rings. The minimum absolute atomic E-state index is 0. The van der Waals surface area contributed by atoms with Crippen LogP contribution in [0.3, 0.4) is 0 Å². The molecule has 2 aromatic carbocycles. The van der Waals surface area contributed by atoms with Crippen molar-refractivity contribution in [3.8, 4) is 17.2 Å². The van der Waals surface area contributed by atoms with Crippen molar-refractivity contribution in [2.24, 2.45) is 0 Å². The second-order valence-corrected chi connectivity index (χ2v) is 6.36. The van der Waals surface area contributed by atoms with E-state index in [1.54, 1.807) is 41.0 Å². The van der Waals surface area contributed by atoms with E-state index in [0.29, 0.717) is 46.9 Å². The van der Waals surface area contributed by atoms with E-state index >= 15 is 0 Å². The van der Waals surface area contributed by atoms with Crippen LogP contribution in [0.5, 0.6) is 11.5 Å². The van der Waals surface area contributed by atoms with Crippen LogP contribution in [-0.2, 0) is 6.54 Å². The lowest BCUT2D eigenvalue weighted by Crippen LogP contribution is -2.42. The summed E-state index contributed by atoms with van der Waals surface area (Å²) >= 11 is 0. The highest BCUT2D eigenvalue weighted by molar-refractivity contribution is 5.88. The highest BCUT2D eigenvalue weighted by Crippen LogP contribution is 2.38. The number of ether oxygens (including phenoxy) is 1. The van der Waals surface area contributed by atoms with Crippen molar-refractivity contribution < 1.29 is 4.74 Å². The molecule has 0 fully saturated rings. The third-order valence-corrected chi connectivity index (χ3v) is 4.34. The summed E-state index contributed by atoms with van der Waals surface area (Å²) in [5.74, 6) is 0.976. The Kier molecular flexibility index (Phi) is 5.89. The van der Waals surface area contributed by atoms with Gasteiger partial charge in [-0.25, -0.2) is 4.79 Å². The Hall–Kier alpha value is -2.48. The zero-order valence-electron chi connectivity index (χ0n) is 14.8. The average molecular weight is 411 g/mol. The number of fused-ring (bicyclic) bond motifs is 2. The number of hydrogen-bond acceptors (Lipinski definition) is 5. The van der Waals surface area contributed by atoms with Gasteiger partial charge in [0.15, 0.2) is 11.5 Å². The molecular weight excluding hydrogens is 391 g/mol. The summed E-state index contributed by atoms with van der Waals surface area (Å²) < 4.78 is 8.70. The van der Waals surface area contributed by atoms with Crippen molar-refractivity contribution in [2.75, 3.05) is 26.4 Å². The molecule has 2 N–H and O–H groups in total. The molecule has 9 heteroatoms. The van der Waals surface area contributed by atoms with Gasteiger partial charge in [0.05, 0.1) is 11.1 Å². The van der Waals surface area contributed by atoms with E-state index in [9.17, 15) is 9.59 Å². The fourth-order valence-electron chi connectivity index (χ4n) is 3.09. The minimum Gasteiger partial charge on any atom is -0.453 e. The van der Waals surface area contributed by atoms with Gasteiger partial charge in [-0.2, -0.15) is 0 Å². The average Bonchev–Trinajstić information content (AvgIpc) is 2.57. The summed E-state index contributed by atoms with van der Waals surface area (Å²) in [6.07, 6.45) is 0. The number of nitrogen functional groups attached to an aromatic ring is 1. The maximum Gasteiger partial charge on any atom is 0.336 e. The number of nitrogens with two attached hydrogens (primary N) is 1. The molecule has 0 amide bonds. The van der Waals surface area contributed by atoms with Crippen molar-refractivity contribution in [3.63, 3.8) is 0 Å². The summed E-state index contributed by atoms with van der Waals surface area (Å²) in [6, 6.07) is 10.3. The topological polar surface area (TPSA) is 82.5 Å². The van der Waals surface area contributed by atoms with E-state index in [4.69, 9.17) is 10.5 Å². The van der Waals surface area contributed by atoms with Gasteiger partial charge in [0.25, 0.3) is 5.56 Å². The molecule has 0 unspecified atom stereocenters. The first kappa shape index (κ1) is 20.8. The maximum atomic E-state index is 13.1. The van der Waals surface area contributed by atoms with E-state index in [1.165, 1.54) is 4.57 Å². The summed E-state index contributed by atoms with van der Waals surface area (Å²) in [5.41, 5.74) is 6.79. The number of benzene rings is 2. The van der Waals surface area contributed by atoms with Crippen molar-refractivity contribution in [1.82, 2.24) is 14.0 Å². The lowest BCUT2D eigenvalue weighted by molar-refractivity contribution is 0.375. The van der Waals surface area contributed by atoms with Gasteiger partial charge in [0.2, 0.25) is 0 Å². The lowest BCUT2D eigenvalue weighted by atomic mass is 10.1. The van der Waals surface area contributed by atoms with Crippen LogP contribution < -0.4 is 21.7 Å². The molecule has 0 saturated carbocycles. The molecule has 4 rings (SSSR count). The lowest BCUT2D eigenvalue weighted by Gasteiger charge is -2.23. The maximum absolute atomic E-state index is 13.1. The third kappa shape index (κ3) is 3.29. The number of hydrogen-bond donors (Lipinski definition) is 1. The van der Waals surface area contributed by atoms with Crippen LogP contribution in [-0.4, -0.2) is 34.7 Å². The largest absolute Gasteiger partial charge is 0.453 e. The highest BCUT2D eigenvalue weighted by atomic mass is 35.5. The summed E-state index contributed by atoms with van der Waals surface area (Å²) in [4.78, 5) is 27.9. The molecule has 7 nitrogen and oxygen atoms in total. The fraction of sp³-hybridized carbons (Fsp3) is 0.222. The molecule has 1 aliphatic rings. The van der Waals surface area contributed by atoms with Crippen molar-refractivity contribution in [3.05, 3.63) is 57.2 Å².